The number of aromatic nitrogens is 2. The molecule has 1 aromatic carbocycles. The zero-order valence-corrected chi connectivity index (χ0v) is 14.5. The van der Waals surface area contributed by atoms with Gasteiger partial charge in [0.2, 0.25) is 0 Å². The Kier molecular flexibility index (Phi) is 4.28. The van der Waals surface area contributed by atoms with Crippen LogP contribution in [0.15, 0.2) is 41.8 Å². The van der Waals surface area contributed by atoms with E-state index in [1.807, 2.05) is 24.3 Å². The van der Waals surface area contributed by atoms with Crippen LogP contribution >= 0.6 is 11.3 Å². The lowest BCUT2D eigenvalue weighted by molar-refractivity contribution is 0.312. The van der Waals surface area contributed by atoms with Gasteiger partial charge in [0.25, 0.3) is 0 Å². The van der Waals surface area contributed by atoms with Gasteiger partial charge in [0.15, 0.2) is 11.6 Å². The quantitative estimate of drug-likeness (QED) is 0.731. The van der Waals surface area contributed by atoms with Gasteiger partial charge >= 0.3 is 0 Å². The van der Waals surface area contributed by atoms with Crippen LogP contribution in [0.4, 0.5) is 5.82 Å². The van der Waals surface area contributed by atoms with Gasteiger partial charge < -0.3 is 9.80 Å². The van der Waals surface area contributed by atoms with E-state index in [1.54, 1.807) is 11.3 Å². The van der Waals surface area contributed by atoms with Crippen LogP contribution in [0.25, 0.3) is 22.4 Å². The third kappa shape index (κ3) is 3.18. The Morgan fingerprint density at radius 2 is 1.75 bits per heavy atom. The van der Waals surface area contributed by atoms with Gasteiger partial charge in [-0.05, 0) is 30.1 Å². The Balaban J connectivity index is 1.68. The van der Waals surface area contributed by atoms with E-state index in [9.17, 15) is 0 Å². The van der Waals surface area contributed by atoms with Crippen molar-refractivity contribution in [2.45, 2.75) is 0 Å². The van der Waals surface area contributed by atoms with Crippen molar-refractivity contribution in [3.05, 3.63) is 53.2 Å². The van der Waals surface area contributed by atoms with Gasteiger partial charge in [-0.3, -0.25) is 0 Å². The van der Waals surface area contributed by atoms with E-state index in [1.165, 1.54) is 4.70 Å². The summed E-state index contributed by atoms with van der Waals surface area (Å²) in [6.45, 7) is 4.18. The van der Waals surface area contributed by atoms with Gasteiger partial charge in [-0.15, -0.1) is 11.3 Å². The highest BCUT2D eigenvalue weighted by atomic mass is 32.1. The smallest absolute Gasteiger partial charge is 0.155 e. The van der Waals surface area contributed by atoms with E-state index in [4.69, 9.17) is 9.97 Å². The van der Waals surface area contributed by atoms with E-state index in [0.717, 1.165) is 48.9 Å². The maximum Gasteiger partial charge on any atom is 0.155 e. The molecule has 4 rings (SSSR count). The van der Waals surface area contributed by atoms with E-state index < -0.39 is 0 Å². The molecule has 0 saturated carbocycles. The monoisotopic (exact) mass is 336 g/mol. The summed E-state index contributed by atoms with van der Waals surface area (Å²) in [4.78, 5) is 14.3. The highest BCUT2D eigenvalue weighted by molar-refractivity contribution is 7.17. The molecule has 0 aliphatic carbocycles. The van der Waals surface area contributed by atoms with Crippen LogP contribution in [0.1, 0.15) is 11.4 Å². The fourth-order valence-corrected chi connectivity index (χ4v) is 3.76. The van der Waals surface area contributed by atoms with Crippen molar-refractivity contribution in [1.29, 1.82) is 0 Å². The summed E-state index contributed by atoms with van der Waals surface area (Å²) in [6, 6.07) is 12.4. The van der Waals surface area contributed by atoms with E-state index >= 15 is 0 Å². The number of piperazine rings is 1. The van der Waals surface area contributed by atoms with Crippen LogP contribution in [0, 0.1) is 0 Å². The first-order valence-corrected chi connectivity index (χ1v) is 9.09. The van der Waals surface area contributed by atoms with Crippen molar-refractivity contribution in [1.82, 2.24) is 14.9 Å². The first-order chi connectivity index (χ1) is 11.8. The van der Waals surface area contributed by atoms with Crippen molar-refractivity contribution < 1.29 is 0 Å². The molecule has 1 fully saturated rings. The molecule has 0 spiro atoms. The number of likely N-dealkylation sites (N-methyl/N-ethyl adjacent to an activating group) is 1. The molecule has 1 saturated heterocycles. The summed E-state index contributed by atoms with van der Waals surface area (Å²) in [5.41, 5.74) is 2.20. The Morgan fingerprint density at radius 1 is 0.958 bits per heavy atom. The van der Waals surface area contributed by atoms with Crippen molar-refractivity contribution in [3.63, 3.8) is 0 Å². The van der Waals surface area contributed by atoms with Gasteiger partial charge in [-0.1, -0.05) is 36.4 Å². The number of anilines is 1. The number of hydrogen-bond acceptors (Lipinski definition) is 5. The Bertz CT molecular complexity index is 848. The topological polar surface area (TPSA) is 32.3 Å². The second-order valence-electron chi connectivity index (χ2n) is 6.07. The van der Waals surface area contributed by atoms with Crippen LogP contribution in [-0.2, 0) is 0 Å². The predicted octanol–water partition coefficient (Wildman–Crippen LogP) is 3.61. The molecule has 2 aromatic heterocycles. The molecular formula is C19H20N4S. The van der Waals surface area contributed by atoms with Crippen molar-refractivity contribution in [3.8, 4) is 0 Å². The van der Waals surface area contributed by atoms with Crippen molar-refractivity contribution in [2.75, 3.05) is 38.1 Å². The van der Waals surface area contributed by atoms with Gasteiger partial charge in [-0.25, -0.2) is 9.97 Å². The molecule has 0 unspecified atom stereocenters. The van der Waals surface area contributed by atoms with E-state index in [2.05, 4.69) is 46.5 Å². The molecule has 0 radical (unpaired) electrons. The number of thiophene rings is 1. The standard InChI is InChI=1S/C19H20N4S/c1-22-10-12-23(13-11-22)19-18-16(9-14-24-18)20-17(21-19)8-7-15-5-3-2-4-6-15/h2-9,14H,10-13H2,1H3/b8-7+. The van der Waals surface area contributed by atoms with Crippen LogP contribution in [0.5, 0.6) is 0 Å². The first-order valence-electron chi connectivity index (χ1n) is 8.21. The highest BCUT2D eigenvalue weighted by Gasteiger charge is 2.19. The molecule has 122 valence electrons. The summed E-state index contributed by atoms with van der Waals surface area (Å²) in [5.74, 6) is 1.86. The highest BCUT2D eigenvalue weighted by Crippen LogP contribution is 2.29. The number of nitrogens with zero attached hydrogens (tertiary/aromatic N) is 4. The third-order valence-electron chi connectivity index (χ3n) is 4.33. The Hall–Kier alpha value is -2.24. The fraction of sp³-hybridized carbons (Fsp3) is 0.263. The third-order valence-corrected chi connectivity index (χ3v) is 5.23. The van der Waals surface area contributed by atoms with Crippen molar-refractivity contribution in [2.24, 2.45) is 0 Å². The van der Waals surface area contributed by atoms with Gasteiger partial charge in [0.05, 0.1) is 10.2 Å². The summed E-state index contributed by atoms with van der Waals surface area (Å²) in [6.07, 6.45) is 4.08. The minimum Gasteiger partial charge on any atom is -0.353 e. The largest absolute Gasteiger partial charge is 0.353 e. The van der Waals surface area contributed by atoms with Crippen LogP contribution in [0.3, 0.4) is 0 Å². The molecule has 0 atom stereocenters. The number of fused-ring (bicyclic) bond motifs is 1. The predicted molar refractivity (Wildman–Crippen MR) is 102 cm³/mol. The second-order valence-corrected chi connectivity index (χ2v) is 6.99. The SMILES string of the molecule is CN1CCN(c2nc(/C=C/c3ccccc3)nc3ccsc23)CC1. The molecule has 3 aromatic rings. The lowest BCUT2D eigenvalue weighted by Crippen LogP contribution is -2.44. The molecule has 5 heteroatoms. The molecule has 1 aliphatic rings. The maximum absolute atomic E-state index is 4.86. The average Bonchev–Trinajstić information content (AvgIpc) is 3.09. The fourth-order valence-electron chi connectivity index (χ4n) is 2.91. The molecule has 0 bridgehead atoms. The summed E-state index contributed by atoms with van der Waals surface area (Å²) in [7, 11) is 2.17. The molecule has 0 N–H and O–H groups in total. The molecule has 24 heavy (non-hydrogen) atoms. The minimum absolute atomic E-state index is 0.777. The Morgan fingerprint density at radius 3 is 2.54 bits per heavy atom. The van der Waals surface area contributed by atoms with Gasteiger partial charge in [-0.2, -0.15) is 0 Å². The van der Waals surface area contributed by atoms with Crippen LogP contribution in [0.2, 0.25) is 0 Å². The van der Waals surface area contributed by atoms with E-state index in [0.29, 0.717) is 0 Å². The minimum atomic E-state index is 0.777. The second kappa shape index (κ2) is 6.71. The van der Waals surface area contributed by atoms with E-state index in [-0.39, 0.29) is 0 Å². The zero-order chi connectivity index (χ0) is 16.4. The molecule has 4 nitrogen and oxygen atoms in total. The molecule has 3 heterocycles. The summed E-state index contributed by atoms with van der Waals surface area (Å²) >= 11 is 1.73. The molecular weight excluding hydrogens is 316 g/mol. The summed E-state index contributed by atoms with van der Waals surface area (Å²) in [5, 5.41) is 2.10. The van der Waals surface area contributed by atoms with Crippen LogP contribution < -0.4 is 4.90 Å². The Labute approximate surface area is 146 Å². The number of benzene rings is 1. The first kappa shape index (κ1) is 15.3. The lowest BCUT2D eigenvalue weighted by atomic mass is 10.2. The molecule has 1 aliphatic heterocycles. The number of rotatable bonds is 3. The molecule has 0 amide bonds. The van der Waals surface area contributed by atoms with Crippen molar-refractivity contribution >= 4 is 39.5 Å². The zero-order valence-electron chi connectivity index (χ0n) is 13.7. The van der Waals surface area contributed by atoms with Crippen LogP contribution in [-0.4, -0.2) is 48.1 Å². The lowest BCUT2D eigenvalue weighted by Gasteiger charge is -2.33. The average molecular weight is 336 g/mol. The number of hydrogen-bond donors (Lipinski definition) is 0. The normalized spacial score (nSPS) is 16.3. The van der Waals surface area contributed by atoms with Gasteiger partial charge in [0.1, 0.15) is 0 Å². The summed E-state index contributed by atoms with van der Waals surface area (Å²) < 4.78 is 1.19. The maximum atomic E-state index is 4.86. The van der Waals surface area contributed by atoms with Gasteiger partial charge in [0, 0.05) is 26.2 Å².